The maximum absolute atomic E-state index is 7.21. The van der Waals surface area contributed by atoms with E-state index in [0.717, 1.165) is 107 Å². The van der Waals surface area contributed by atoms with Crippen molar-refractivity contribution in [1.29, 1.82) is 0 Å². The third kappa shape index (κ3) is 4.78. The summed E-state index contributed by atoms with van der Waals surface area (Å²) in [5.74, 6) is 0. The molecule has 0 radical (unpaired) electrons. The average molecular weight is 763 g/mol. The van der Waals surface area contributed by atoms with Crippen LogP contribution >= 0.6 is 27.4 Å². The number of fused-ring (bicyclic) bond motifs is 15. The van der Waals surface area contributed by atoms with E-state index in [0.29, 0.717) is 0 Å². The fourth-order valence-corrected chi connectivity index (χ4v) is 13.4. The molecule has 0 spiro atoms. The van der Waals surface area contributed by atoms with Crippen molar-refractivity contribution in [3.63, 3.8) is 0 Å². The third-order valence-corrected chi connectivity index (χ3v) is 15.5. The van der Waals surface area contributed by atoms with E-state index in [2.05, 4.69) is 170 Å². The number of benzene rings is 9. The fraction of sp³-hybridized carbons (Fsp3) is 0. The molecule has 0 aliphatic rings. The zero-order chi connectivity index (χ0) is 36.0. The Hall–Kier alpha value is -6.22. The zero-order valence-electron chi connectivity index (χ0n) is 29.1. The molecule has 260 valence electrons. The molecule has 0 saturated carbocycles. The Bertz CT molecular complexity index is 3440. The minimum Gasteiger partial charge on any atom is -0.416 e. The largest absolute Gasteiger partial charge is 0.416 e. The molecule has 4 nitrogen and oxygen atoms in total. The maximum atomic E-state index is 7.21. The number of thiophene rings is 1. The van der Waals surface area contributed by atoms with Crippen molar-refractivity contribution in [2.45, 2.75) is 0 Å². The van der Waals surface area contributed by atoms with Gasteiger partial charge in [-0.1, -0.05) is 140 Å². The lowest BCUT2D eigenvalue weighted by molar-refractivity contribution is 0.648. The Kier molecular flexibility index (Phi) is 6.88. The molecule has 0 N–H and O–H groups in total. The Balaban J connectivity index is 1.25. The second-order valence-electron chi connectivity index (χ2n) is 13.8. The molecular weight excluding hydrogens is 735 g/mol. The van der Waals surface area contributed by atoms with Crippen LogP contribution < -0.4 is 0 Å². The summed E-state index contributed by atoms with van der Waals surface area (Å²) in [6.45, 7) is 0. The van der Waals surface area contributed by atoms with Gasteiger partial charge >= 0.3 is 0 Å². The second-order valence-corrected chi connectivity index (χ2v) is 17.8. The first-order valence-corrected chi connectivity index (χ1v) is 21.4. The van der Waals surface area contributed by atoms with E-state index in [1.54, 1.807) is 11.3 Å². The first kappa shape index (κ1) is 31.2. The molecule has 12 rings (SSSR count). The molecule has 0 bridgehead atoms. The lowest BCUT2D eigenvalue weighted by Gasteiger charge is -2.05. The summed E-state index contributed by atoms with van der Waals surface area (Å²) in [5, 5.41) is 15.4. The highest BCUT2D eigenvalue weighted by Crippen LogP contribution is 2.61. The van der Waals surface area contributed by atoms with Crippen LogP contribution in [-0.2, 0) is 0 Å². The second kappa shape index (κ2) is 12.1. The molecule has 0 amide bonds. The van der Waals surface area contributed by atoms with Gasteiger partial charge in [-0.25, -0.2) is 0 Å². The summed E-state index contributed by atoms with van der Waals surface area (Å²) >= 11 is 1.70. The lowest BCUT2D eigenvalue weighted by atomic mass is 9.99. The molecule has 0 atom stereocenters. The Labute approximate surface area is 319 Å². The van der Waals surface area contributed by atoms with Crippen LogP contribution in [0.4, 0.5) is 0 Å². The van der Waals surface area contributed by atoms with Gasteiger partial charge in [0.1, 0.15) is 32.3 Å². The highest BCUT2D eigenvalue weighted by molar-refractivity contribution is 7.61. The van der Waals surface area contributed by atoms with E-state index in [4.69, 9.17) is 16.8 Å². The van der Waals surface area contributed by atoms with Crippen LogP contribution in [-0.4, -0.2) is 0 Å². The van der Waals surface area contributed by atoms with E-state index in [1.807, 2.05) is 0 Å². The minimum atomic E-state index is -1.72. The summed E-state index contributed by atoms with van der Waals surface area (Å²) in [5.41, 5.74) is 3.19. The van der Waals surface area contributed by atoms with Crippen molar-refractivity contribution in [2.75, 3.05) is 0 Å². The van der Waals surface area contributed by atoms with Gasteiger partial charge in [0.25, 0.3) is 16.0 Å². The van der Waals surface area contributed by atoms with Crippen molar-refractivity contribution in [3.8, 4) is 9.92 Å². The predicted octanol–water partition coefficient (Wildman–Crippen LogP) is 16.7. The van der Waals surface area contributed by atoms with Crippen molar-refractivity contribution in [1.82, 2.24) is 0 Å². The molecule has 0 fully saturated rings. The minimum absolute atomic E-state index is 0.797. The predicted molar refractivity (Wildman–Crippen MR) is 234 cm³/mol. The summed E-state index contributed by atoms with van der Waals surface area (Å²) in [6.07, 6.45) is 0. The molecule has 3 aromatic heterocycles. The molecule has 0 unspecified atom stereocenters. The maximum Gasteiger partial charge on any atom is 0.264 e. The van der Waals surface area contributed by atoms with Crippen molar-refractivity contribution < 1.29 is 16.8 Å². The number of hydrogen-bond acceptors (Lipinski definition) is 5. The Morgan fingerprint density at radius 3 is 1.04 bits per heavy atom. The molecule has 0 aliphatic heterocycles. The Morgan fingerprint density at radius 2 is 0.636 bits per heavy atom. The van der Waals surface area contributed by atoms with Gasteiger partial charge in [0.15, 0.2) is 0 Å². The van der Waals surface area contributed by atoms with Gasteiger partial charge < -0.3 is 16.8 Å². The van der Waals surface area contributed by atoms with Crippen molar-refractivity contribution >= 4 is 124 Å². The van der Waals surface area contributed by atoms with Gasteiger partial charge in [-0.05, 0) is 73.4 Å². The van der Waals surface area contributed by atoms with Crippen molar-refractivity contribution in [2.24, 2.45) is 0 Å². The van der Waals surface area contributed by atoms with Crippen LogP contribution in [0.3, 0.4) is 0 Å². The van der Waals surface area contributed by atoms with Crippen LogP contribution in [0.2, 0.25) is 0 Å². The van der Waals surface area contributed by atoms with Gasteiger partial charge in [0.2, 0.25) is 0 Å². The molecule has 9 aromatic carbocycles. The number of rotatable bonds is 2. The van der Waals surface area contributed by atoms with E-state index in [-0.39, 0.29) is 0 Å². The third-order valence-electron chi connectivity index (χ3n) is 10.7. The number of hydrogen-bond donors (Lipinski definition) is 0. The Morgan fingerprint density at radius 1 is 0.309 bits per heavy atom. The van der Waals surface area contributed by atoms with Crippen molar-refractivity contribution in [3.05, 3.63) is 170 Å². The summed E-state index contributed by atoms with van der Waals surface area (Å²) in [4.78, 5) is 0. The van der Waals surface area contributed by atoms with E-state index in [9.17, 15) is 0 Å². The highest BCUT2D eigenvalue weighted by Gasteiger charge is 2.25. The van der Waals surface area contributed by atoms with E-state index in [1.165, 1.54) is 0 Å². The van der Waals surface area contributed by atoms with Gasteiger partial charge in [0.05, 0.1) is 0 Å². The van der Waals surface area contributed by atoms with Crippen LogP contribution in [0.5, 0.6) is 0 Å². The van der Waals surface area contributed by atoms with Crippen LogP contribution in [0.15, 0.2) is 187 Å². The molecule has 7 heteroatoms. The van der Waals surface area contributed by atoms with Gasteiger partial charge in [-0.2, -0.15) is 0 Å². The molecular formula is C48H28O4P2S. The quantitative estimate of drug-likeness (QED) is 0.176. The fourth-order valence-electron chi connectivity index (χ4n) is 8.23. The van der Waals surface area contributed by atoms with E-state index >= 15 is 0 Å². The smallest absolute Gasteiger partial charge is 0.264 e. The molecule has 55 heavy (non-hydrogen) atoms. The molecule has 0 aliphatic carbocycles. The van der Waals surface area contributed by atoms with Gasteiger partial charge in [-0.3, -0.25) is 0 Å². The standard InChI is InChI=1S/C48H28O4P2S/c1-5-15-33-29(11-1)21-25-38-43(33)44-34-16-6-2-12-30(34)22-26-39(44)50-53(49-38)47-37-19-9-10-20-42(37)55-48(47)54-51-40-27-23-31-13-3-7-17-35(31)45(40)46-36-18-8-4-14-32(36)24-28-41(46)52-54/h1-28H. The van der Waals surface area contributed by atoms with Crippen LogP contribution in [0.25, 0.3) is 107 Å². The molecule has 0 saturated heterocycles. The van der Waals surface area contributed by atoms with E-state index < -0.39 is 16.0 Å². The monoisotopic (exact) mass is 762 g/mol. The van der Waals surface area contributed by atoms with Gasteiger partial charge in [0, 0.05) is 31.6 Å². The molecule has 12 aromatic rings. The first-order valence-electron chi connectivity index (χ1n) is 18.2. The molecule has 3 heterocycles. The van der Waals surface area contributed by atoms with Crippen LogP contribution in [0.1, 0.15) is 0 Å². The normalized spacial score (nSPS) is 12.0. The van der Waals surface area contributed by atoms with Crippen LogP contribution in [0, 0.1) is 0 Å². The lowest BCUT2D eigenvalue weighted by Crippen LogP contribution is -1.79. The SMILES string of the molecule is c1ccc2c(c1)ccc1op(-c3sc4ccccc4c3-p3oc4ccc5ccccc5c4c4c(ccc5ccccc54)o3)oc3ccc4ccccc4c3c12. The topological polar surface area (TPSA) is 52.6 Å². The summed E-state index contributed by atoms with van der Waals surface area (Å²) in [7, 11) is -3.41. The zero-order valence-corrected chi connectivity index (χ0v) is 31.7. The average Bonchev–Trinajstić information content (AvgIpc) is 3.41. The van der Waals surface area contributed by atoms with Gasteiger partial charge in [-0.15, -0.1) is 11.3 Å². The highest BCUT2D eigenvalue weighted by atomic mass is 32.1. The first-order chi connectivity index (χ1) is 27.3. The summed E-state index contributed by atoms with van der Waals surface area (Å²) < 4.78 is 30.9. The summed E-state index contributed by atoms with van der Waals surface area (Å²) in [6, 6.07) is 59.6.